The van der Waals surface area contributed by atoms with Gasteiger partial charge in [-0.15, -0.1) is 23.1 Å². The number of amides is 2. The van der Waals surface area contributed by atoms with Crippen LogP contribution in [0.3, 0.4) is 0 Å². The number of fused-ring (bicyclic) bond motifs is 1. The van der Waals surface area contributed by atoms with E-state index in [2.05, 4.69) is 15.5 Å². The number of nitrogens with two attached hydrogens (primary N) is 1. The number of oxime groups is 1. The fraction of sp³-hybridized carbons (Fsp3) is 0.318. The lowest BCUT2D eigenvalue weighted by Gasteiger charge is -2.51. The van der Waals surface area contributed by atoms with E-state index in [4.69, 9.17) is 10.6 Å². The summed E-state index contributed by atoms with van der Waals surface area (Å²) in [4.78, 5) is 59.9. The highest BCUT2D eigenvalue weighted by Gasteiger charge is 2.56. The first kappa shape index (κ1) is 26.1. The van der Waals surface area contributed by atoms with Gasteiger partial charge in [-0.1, -0.05) is 11.2 Å². The van der Waals surface area contributed by atoms with Gasteiger partial charge in [0.25, 0.3) is 5.91 Å². The molecule has 5 N–H and O–H groups in total. The van der Waals surface area contributed by atoms with Gasteiger partial charge in [0.2, 0.25) is 11.5 Å². The van der Waals surface area contributed by atoms with Crippen molar-refractivity contribution < 1.29 is 38.8 Å². The Bertz CT molecular complexity index is 1310. The Morgan fingerprint density at radius 1 is 1.27 bits per heavy atom. The molecule has 2 aliphatic rings. The molecule has 2 aromatic heterocycles. The summed E-state index contributed by atoms with van der Waals surface area (Å²) in [6.07, 6.45) is 3.58. The molecule has 0 spiro atoms. The van der Waals surface area contributed by atoms with E-state index >= 15 is 0 Å². The molecule has 4 rings (SSSR count). The number of rotatable bonds is 9. The van der Waals surface area contributed by atoms with Crippen LogP contribution in [0.1, 0.15) is 19.5 Å². The Hall–Kier alpha value is -3.98. The fourth-order valence-corrected chi connectivity index (χ4v) is 5.36. The van der Waals surface area contributed by atoms with E-state index in [1.807, 2.05) is 18.2 Å². The largest absolute Gasteiger partial charge is 0.479 e. The summed E-state index contributed by atoms with van der Waals surface area (Å²) in [6.45, 7) is 2.77. The van der Waals surface area contributed by atoms with Gasteiger partial charge in [-0.25, -0.2) is 19.1 Å². The molecule has 2 aromatic rings. The van der Waals surface area contributed by atoms with Crippen molar-refractivity contribution in [3.05, 3.63) is 52.6 Å². The smallest absolute Gasteiger partial charge is 0.350 e. The zero-order valence-electron chi connectivity index (χ0n) is 19.6. The number of β-lactam (4-membered cyclic amide) rings is 1. The number of hydrogen-bond acceptors (Lipinski definition) is 10. The SMILES string of the molecule is CC(C)(O/N=C(\C(=O)N[C@@H]1C(=O)N2C(C(=O)O)C(C[n+]3ccccc3)=CS[C@H]12)c1csc(N)n1)C(=O)O. The van der Waals surface area contributed by atoms with Gasteiger partial charge in [0.1, 0.15) is 17.1 Å². The molecular weight excluding hydrogens is 524 g/mol. The fourth-order valence-electron chi connectivity index (χ4n) is 3.60. The molecule has 0 saturated carbocycles. The molecule has 13 nitrogen and oxygen atoms in total. The number of thioether (sulfide) groups is 1. The summed E-state index contributed by atoms with van der Waals surface area (Å²) < 4.78 is 1.80. The minimum atomic E-state index is -1.75. The van der Waals surface area contributed by atoms with Gasteiger partial charge >= 0.3 is 11.9 Å². The van der Waals surface area contributed by atoms with Gasteiger partial charge in [-0.2, -0.15) is 0 Å². The second-order valence-electron chi connectivity index (χ2n) is 8.62. The number of hydrogen-bond donors (Lipinski definition) is 4. The zero-order chi connectivity index (χ0) is 26.9. The second-order valence-corrected chi connectivity index (χ2v) is 10.5. The Morgan fingerprint density at radius 3 is 2.57 bits per heavy atom. The lowest BCUT2D eigenvalue weighted by molar-refractivity contribution is -0.689. The Labute approximate surface area is 218 Å². The van der Waals surface area contributed by atoms with Crippen molar-refractivity contribution in [2.24, 2.45) is 5.16 Å². The van der Waals surface area contributed by atoms with Gasteiger partial charge < -0.3 is 31.0 Å². The van der Waals surface area contributed by atoms with Crippen LogP contribution >= 0.6 is 23.1 Å². The van der Waals surface area contributed by atoms with Crippen molar-refractivity contribution >= 4 is 57.7 Å². The Morgan fingerprint density at radius 2 is 1.97 bits per heavy atom. The van der Waals surface area contributed by atoms with E-state index in [1.54, 1.807) is 22.4 Å². The average molecular weight is 548 g/mol. The summed E-state index contributed by atoms with van der Waals surface area (Å²) in [5.74, 6) is -3.93. The van der Waals surface area contributed by atoms with Crippen molar-refractivity contribution in [1.82, 2.24) is 15.2 Å². The molecule has 194 valence electrons. The van der Waals surface area contributed by atoms with Crippen LogP contribution < -0.4 is 15.6 Å². The third kappa shape index (κ3) is 5.27. The first-order chi connectivity index (χ1) is 17.5. The molecule has 4 heterocycles. The van der Waals surface area contributed by atoms with E-state index in [-0.39, 0.29) is 23.1 Å². The van der Waals surface area contributed by atoms with E-state index in [1.165, 1.54) is 35.9 Å². The highest BCUT2D eigenvalue weighted by Crippen LogP contribution is 2.40. The maximum absolute atomic E-state index is 13.1. The Kier molecular flexibility index (Phi) is 7.18. The predicted octanol–water partition coefficient (Wildman–Crippen LogP) is 0.0339. The number of carbonyl (C=O) groups excluding carboxylic acids is 2. The Balaban J connectivity index is 1.54. The maximum atomic E-state index is 13.1. The second kappa shape index (κ2) is 10.2. The molecule has 3 atom stereocenters. The van der Waals surface area contributed by atoms with Crippen molar-refractivity contribution in [2.45, 2.75) is 43.5 Å². The molecule has 37 heavy (non-hydrogen) atoms. The van der Waals surface area contributed by atoms with E-state index < -0.39 is 46.8 Å². The summed E-state index contributed by atoms with van der Waals surface area (Å²) >= 11 is 2.25. The molecule has 1 unspecified atom stereocenters. The highest BCUT2D eigenvalue weighted by molar-refractivity contribution is 8.02. The molecule has 1 saturated heterocycles. The van der Waals surface area contributed by atoms with Crippen LogP contribution in [-0.4, -0.2) is 72.6 Å². The third-order valence-corrected chi connectivity index (χ3v) is 7.48. The van der Waals surface area contributed by atoms with Gasteiger partial charge in [0.15, 0.2) is 35.8 Å². The number of nitrogens with zero attached hydrogens (tertiary/aromatic N) is 4. The standard InChI is InChI=1S/C22H22N6O7S2/c1-22(2,20(33)34)35-26-13(12-10-37-21(23)24-12)16(29)25-14-17(30)28-15(19(31)32)11(9-36-18(14)28)8-27-6-4-3-5-7-27/h3-7,9-10,14-15,18H,8H2,1-2H3,(H4-,23,24,25,29,31,32,33,34)/p+1/b26-13-/t14-,15?,18-/m1/s1. The topological polar surface area (TPSA) is 188 Å². The number of aromatic nitrogens is 2. The quantitative estimate of drug-likeness (QED) is 0.144. The number of carbonyl (C=O) groups is 4. The number of carboxylic acid groups (broad SMARTS) is 2. The van der Waals surface area contributed by atoms with Crippen molar-refractivity contribution in [2.75, 3.05) is 5.73 Å². The van der Waals surface area contributed by atoms with Crippen LogP contribution in [0.25, 0.3) is 0 Å². The molecular formula is C22H23N6O7S2+. The number of pyridine rings is 1. The van der Waals surface area contributed by atoms with Gasteiger partial charge in [0, 0.05) is 23.1 Å². The minimum Gasteiger partial charge on any atom is -0.479 e. The molecule has 0 aliphatic carbocycles. The summed E-state index contributed by atoms with van der Waals surface area (Å²) in [5, 5.41) is 28.0. The molecule has 0 aromatic carbocycles. The molecule has 2 amide bonds. The predicted molar refractivity (Wildman–Crippen MR) is 132 cm³/mol. The van der Waals surface area contributed by atoms with Crippen molar-refractivity contribution in [3.8, 4) is 0 Å². The average Bonchev–Trinajstić information content (AvgIpc) is 3.28. The number of aliphatic carboxylic acids is 2. The number of anilines is 1. The molecule has 0 bridgehead atoms. The van der Waals surface area contributed by atoms with Crippen LogP contribution in [-0.2, 0) is 30.6 Å². The van der Waals surface area contributed by atoms with Crippen LogP contribution in [0.5, 0.6) is 0 Å². The van der Waals surface area contributed by atoms with E-state index in [0.717, 1.165) is 11.3 Å². The lowest BCUT2D eigenvalue weighted by atomic mass is 9.97. The lowest BCUT2D eigenvalue weighted by Crippen LogP contribution is -2.74. The zero-order valence-corrected chi connectivity index (χ0v) is 21.2. The van der Waals surface area contributed by atoms with Gasteiger partial charge in [0.05, 0.1) is 0 Å². The van der Waals surface area contributed by atoms with Crippen molar-refractivity contribution in [3.63, 3.8) is 0 Å². The summed E-state index contributed by atoms with van der Waals surface area (Å²) in [5.41, 5.74) is 4.10. The third-order valence-electron chi connectivity index (χ3n) is 5.59. The number of thiazole rings is 1. The van der Waals surface area contributed by atoms with Crippen LogP contribution in [0.4, 0.5) is 5.13 Å². The minimum absolute atomic E-state index is 0.0339. The van der Waals surface area contributed by atoms with Gasteiger partial charge in [-0.3, -0.25) is 9.59 Å². The number of carboxylic acids is 2. The summed E-state index contributed by atoms with van der Waals surface area (Å²) in [6, 6.07) is 3.22. The highest BCUT2D eigenvalue weighted by atomic mass is 32.2. The number of nitrogens with one attached hydrogen (secondary N) is 1. The maximum Gasteiger partial charge on any atom is 0.350 e. The molecule has 2 aliphatic heterocycles. The first-order valence-corrected chi connectivity index (χ1v) is 12.7. The normalized spacial score (nSPS) is 21.4. The van der Waals surface area contributed by atoms with Crippen molar-refractivity contribution in [1.29, 1.82) is 0 Å². The van der Waals surface area contributed by atoms with Crippen LogP contribution in [0.2, 0.25) is 0 Å². The monoisotopic (exact) mass is 547 g/mol. The summed E-state index contributed by atoms with van der Waals surface area (Å²) in [7, 11) is 0. The van der Waals surface area contributed by atoms with E-state index in [0.29, 0.717) is 5.57 Å². The molecule has 1 fully saturated rings. The van der Waals surface area contributed by atoms with Gasteiger partial charge in [-0.05, 0) is 19.3 Å². The molecule has 0 radical (unpaired) electrons. The van der Waals surface area contributed by atoms with Crippen LogP contribution in [0, 0.1) is 0 Å². The number of nitrogen functional groups attached to an aromatic ring is 1. The molecule has 15 heteroatoms. The van der Waals surface area contributed by atoms with Crippen LogP contribution in [0.15, 0.2) is 52.1 Å². The van der Waals surface area contributed by atoms with E-state index in [9.17, 15) is 29.4 Å². The first-order valence-electron chi connectivity index (χ1n) is 10.8.